The van der Waals surface area contributed by atoms with Gasteiger partial charge in [-0.05, 0) is 41.8 Å². The number of carbonyl (C=O) groups excluding carboxylic acids is 1. The van der Waals surface area contributed by atoms with Gasteiger partial charge in [0.15, 0.2) is 0 Å². The van der Waals surface area contributed by atoms with E-state index in [9.17, 15) is 4.79 Å². The van der Waals surface area contributed by atoms with E-state index in [4.69, 9.17) is 28.9 Å². The number of carbonyl (C=O) groups is 1. The predicted molar refractivity (Wildman–Crippen MR) is 96.0 cm³/mol. The molecule has 0 saturated carbocycles. The van der Waals surface area contributed by atoms with E-state index >= 15 is 0 Å². The largest absolute Gasteiger partial charge is 0.370 e. The number of hydrogen-bond acceptors (Lipinski definition) is 4. The molecule has 0 bridgehead atoms. The van der Waals surface area contributed by atoms with Crippen molar-refractivity contribution < 1.29 is 4.79 Å². The van der Waals surface area contributed by atoms with E-state index in [0.717, 1.165) is 16.1 Å². The van der Waals surface area contributed by atoms with Crippen LogP contribution in [0.4, 0.5) is 16.2 Å². The van der Waals surface area contributed by atoms with Gasteiger partial charge < -0.3 is 16.4 Å². The number of nitrogens with zero attached hydrogens (tertiary/aromatic N) is 1. The molecule has 4 N–H and O–H groups in total. The van der Waals surface area contributed by atoms with E-state index in [2.05, 4.69) is 14.9 Å². The summed E-state index contributed by atoms with van der Waals surface area (Å²) in [5, 5.41) is 7.12. The molecule has 2 amide bonds. The fraction of sp³-hybridized carbons (Fsp3) is 0.133. The van der Waals surface area contributed by atoms with Crippen molar-refractivity contribution in [1.29, 1.82) is 0 Å². The fourth-order valence-electron chi connectivity index (χ4n) is 2.30. The topological polar surface area (TPSA) is 70.4 Å². The molecule has 0 fully saturated rings. The number of nitrogens with one attached hydrogen (secondary N) is 2. The first-order chi connectivity index (χ1) is 11.0. The van der Waals surface area contributed by atoms with Gasteiger partial charge in [-0.1, -0.05) is 35.3 Å². The summed E-state index contributed by atoms with van der Waals surface area (Å²) in [6.07, 6.45) is 0. The molecule has 23 heavy (non-hydrogen) atoms. The molecule has 0 aromatic heterocycles. The lowest BCUT2D eigenvalue weighted by atomic mass is 10.2. The number of halogens is 2. The third-order valence-corrected chi connectivity index (χ3v) is 5.00. The molecule has 8 heteroatoms. The van der Waals surface area contributed by atoms with Crippen LogP contribution in [0.3, 0.4) is 0 Å². The zero-order valence-electron chi connectivity index (χ0n) is 12.0. The summed E-state index contributed by atoms with van der Waals surface area (Å²) in [6, 6.07) is 10.6. The van der Waals surface area contributed by atoms with Gasteiger partial charge in [0.05, 0.1) is 22.3 Å². The van der Waals surface area contributed by atoms with Gasteiger partial charge in [0.25, 0.3) is 0 Å². The zero-order chi connectivity index (χ0) is 16.4. The monoisotopic (exact) mass is 368 g/mol. The van der Waals surface area contributed by atoms with Gasteiger partial charge >= 0.3 is 6.03 Å². The molecule has 2 aromatic carbocycles. The Hall–Kier alpha value is -1.60. The Morgan fingerprint density at radius 1 is 1.35 bits per heavy atom. The van der Waals surface area contributed by atoms with Gasteiger partial charge in [-0.2, -0.15) is 0 Å². The lowest BCUT2D eigenvalue weighted by molar-refractivity contribution is 0.259. The van der Waals surface area contributed by atoms with E-state index in [1.54, 1.807) is 24.1 Å². The van der Waals surface area contributed by atoms with Crippen LogP contribution in [0.2, 0.25) is 10.0 Å². The van der Waals surface area contributed by atoms with Crippen LogP contribution < -0.4 is 16.4 Å². The molecule has 120 valence electrons. The van der Waals surface area contributed by atoms with Gasteiger partial charge in [-0.15, -0.1) is 0 Å². The Morgan fingerprint density at radius 2 is 2.17 bits per heavy atom. The second-order valence-electron chi connectivity index (χ2n) is 5.02. The molecule has 0 aliphatic carbocycles. The molecule has 5 nitrogen and oxygen atoms in total. The van der Waals surface area contributed by atoms with Crippen molar-refractivity contribution >= 4 is 52.6 Å². The number of anilines is 2. The lowest BCUT2D eigenvalue weighted by Crippen LogP contribution is -2.26. The van der Waals surface area contributed by atoms with Crippen LogP contribution in [-0.4, -0.2) is 17.0 Å². The van der Waals surface area contributed by atoms with Crippen molar-refractivity contribution in [3.8, 4) is 0 Å². The van der Waals surface area contributed by atoms with E-state index in [0.29, 0.717) is 28.9 Å². The minimum Gasteiger partial charge on any atom is -0.370 e. The lowest BCUT2D eigenvalue weighted by Gasteiger charge is -2.29. The minimum atomic E-state index is -0.575. The Morgan fingerprint density at radius 3 is 2.96 bits per heavy atom. The molecule has 0 atom stereocenters. The molecular formula is C15H14Cl2N4OS. The maximum absolute atomic E-state index is 10.9. The highest BCUT2D eigenvalue weighted by molar-refractivity contribution is 7.97. The zero-order valence-corrected chi connectivity index (χ0v) is 14.3. The van der Waals surface area contributed by atoms with Crippen molar-refractivity contribution in [3.05, 3.63) is 52.0 Å². The van der Waals surface area contributed by atoms with Crippen LogP contribution >= 0.6 is 35.1 Å². The average Bonchev–Trinajstić information content (AvgIpc) is 2.47. The second kappa shape index (κ2) is 6.88. The molecule has 0 saturated heterocycles. The van der Waals surface area contributed by atoms with Gasteiger partial charge in [0.2, 0.25) is 0 Å². The summed E-state index contributed by atoms with van der Waals surface area (Å²) < 4.78 is 2.13. The van der Waals surface area contributed by atoms with E-state index in [1.807, 2.05) is 24.3 Å². The number of primary amides is 1. The minimum absolute atomic E-state index is 0.575. The summed E-state index contributed by atoms with van der Waals surface area (Å²) in [6.45, 7) is 1.34. The number of amides is 2. The summed E-state index contributed by atoms with van der Waals surface area (Å²) in [5.74, 6) is 0. The van der Waals surface area contributed by atoms with E-state index in [-0.39, 0.29) is 0 Å². The number of urea groups is 1. The molecule has 1 heterocycles. The van der Waals surface area contributed by atoms with Crippen LogP contribution in [0, 0.1) is 0 Å². The molecule has 2 aromatic rings. The quantitative estimate of drug-likeness (QED) is 0.703. The third kappa shape index (κ3) is 4.03. The standard InChI is InChI=1S/C15H14Cl2N4OS/c16-10-5-12(17)14-13(6-10)19-8-21(23-14)7-9-2-1-3-11(4-9)20-15(18)22/h1-6,19H,7-8H2,(H3,18,20,22). The summed E-state index contributed by atoms with van der Waals surface area (Å²) >= 11 is 13.9. The SMILES string of the molecule is NC(=O)Nc1cccc(CN2CNc3cc(Cl)cc(Cl)c3S2)c1. The van der Waals surface area contributed by atoms with E-state index < -0.39 is 6.03 Å². The summed E-state index contributed by atoms with van der Waals surface area (Å²) in [5.41, 5.74) is 7.81. The van der Waals surface area contributed by atoms with Gasteiger partial charge in [0.1, 0.15) is 0 Å². The Labute approximate surface area is 148 Å². The highest BCUT2D eigenvalue weighted by atomic mass is 35.5. The first kappa shape index (κ1) is 16.3. The first-order valence-electron chi connectivity index (χ1n) is 6.82. The highest BCUT2D eigenvalue weighted by Crippen LogP contribution is 2.41. The maximum atomic E-state index is 10.9. The number of benzene rings is 2. The van der Waals surface area contributed by atoms with Crippen LogP contribution in [-0.2, 0) is 6.54 Å². The first-order valence-corrected chi connectivity index (χ1v) is 8.35. The van der Waals surface area contributed by atoms with Crippen LogP contribution in [0.1, 0.15) is 5.56 Å². The van der Waals surface area contributed by atoms with Crippen molar-refractivity contribution in [3.63, 3.8) is 0 Å². The molecule has 1 aliphatic heterocycles. The van der Waals surface area contributed by atoms with Gasteiger partial charge in [0, 0.05) is 17.3 Å². The van der Waals surface area contributed by atoms with Gasteiger partial charge in [-0.25, -0.2) is 9.10 Å². The third-order valence-electron chi connectivity index (χ3n) is 3.23. The van der Waals surface area contributed by atoms with Crippen LogP contribution in [0.5, 0.6) is 0 Å². The van der Waals surface area contributed by atoms with E-state index in [1.165, 1.54) is 0 Å². The smallest absolute Gasteiger partial charge is 0.316 e. The second-order valence-corrected chi connectivity index (χ2v) is 6.97. The van der Waals surface area contributed by atoms with Crippen molar-refractivity contribution in [1.82, 2.24) is 4.31 Å². The number of fused-ring (bicyclic) bond motifs is 1. The maximum Gasteiger partial charge on any atom is 0.316 e. The average molecular weight is 369 g/mol. The molecule has 1 aliphatic rings. The normalized spacial score (nSPS) is 14.0. The van der Waals surface area contributed by atoms with Crippen molar-refractivity contribution in [2.75, 3.05) is 17.3 Å². The molecule has 0 unspecified atom stereocenters. The fourth-order valence-corrected chi connectivity index (χ4v) is 3.87. The highest BCUT2D eigenvalue weighted by Gasteiger charge is 2.20. The molecule has 0 spiro atoms. The summed E-state index contributed by atoms with van der Waals surface area (Å²) in [7, 11) is 0. The van der Waals surface area contributed by atoms with Crippen molar-refractivity contribution in [2.45, 2.75) is 11.4 Å². The Bertz CT molecular complexity index is 756. The van der Waals surface area contributed by atoms with Crippen LogP contribution in [0.15, 0.2) is 41.3 Å². The van der Waals surface area contributed by atoms with Crippen molar-refractivity contribution in [2.24, 2.45) is 5.73 Å². The Kier molecular flexibility index (Phi) is 4.87. The number of rotatable bonds is 3. The Balaban J connectivity index is 1.73. The predicted octanol–water partition coefficient (Wildman–Crippen LogP) is 4.38. The molecule has 0 radical (unpaired) electrons. The molecule has 3 rings (SSSR count). The number of nitrogens with two attached hydrogens (primary N) is 1. The van der Waals surface area contributed by atoms with Gasteiger partial charge in [-0.3, -0.25) is 0 Å². The summed E-state index contributed by atoms with van der Waals surface area (Å²) in [4.78, 5) is 11.9. The number of hydrogen-bond donors (Lipinski definition) is 3. The molecular weight excluding hydrogens is 355 g/mol. The van der Waals surface area contributed by atoms with Crippen LogP contribution in [0.25, 0.3) is 0 Å².